The summed E-state index contributed by atoms with van der Waals surface area (Å²) in [6.07, 6.45) is 1.39. The van der Waals surface area contributed by atoms with Crippen LogP contribution in [0.3, 0.4) is 0 Å². The molecular weight excluding hydrogens is 628 g/mol. The monoisotopic (exact) mass is 655 g/mol. The molecule has 1 atom stereocenters. The second-order valence-electron chi connectivity index (χ2n) is 8.92. The van der Waals surface area contributed by atoms with Crippen LogP contribution in [0.25, 0.3) is 11.3 Å². The molecule has 2 fully saturated rings. The van der Waals surface area contributed by atoms with E-state index in [2.05, 4.69) is 34.7 Å². The van der Waals surface area contributed by atoms with Gasteiger partial charge in [-0.25, -0.2) is 0 Å². The first-order chi connectivity index (χ1) is 18.3. The quantitative estimate of drug-likeness (QED) is 0.132. The fourth-order valence-corrected chi connectivity index (χ4v) is 8.97. The van der Waals surface area contributed by atoms with E-state index >= 15 is 0 Å². The topological polar surface area (TPSA) is 96.8 Å². The molecule has 0 spiro atoms. The average Bonchev–Trinajstić information content (AvgIpc) is 2.93. The van der Waals surface area contributed by atoms with Gasteiger partial charge in [0.25, 0.3) is 0 Å². The summed E-state index contributed by atoms with van der Waals surface area (Å²) < 4.78 is 27.1. The molecule has 38 heavy (non-hydrogen) atoms. The summed E-state index contributed by atoms with van der Waals surface area (Å²) in [5, 5.41) is 0.176. The number of ether oxygens (including phenoxy) is 2. The maximum absolute atomic E-state index is 13.6. The van der Waals surface area contributed by atoms with Gasteiger partial charge in [-0.2, -0.15) is 0 Å². The van der Waals surface area contributed by atoms with Crippen LogP contribution in [0, 0.1) is 5.82 Å². The third-order valence-corrected chi connectivity index (χ3v) is 11.4. The molecule has 0 N–H and O–H groups in total. The summed E-state index contributed by atoms with van der Waals surface area (Å²) >= 11 is 4.62. The molecule has 1 aromatic carbocycles. The molecule has 0 saturated carbocycles. The van der Waals surface area contributed by atoms with Crippen LogP contribution in [0.5, 0.6) is 0 Å². The van der Waals surface area contributed by atoms with E-state index in [-0.39, 0.29) is 22.7 Å². The van der Waals surface area contributed by atoms with Gasteiger partial charge >= 0.3 is 234 Å². The number of halogens is 3. The van der Waals surface area contributed by atoms with E-state index in [1.807, 2.05) is 6.07 Å². The molecule has 2 aliphatic rings. The average molecular weight is 656 g/mol. The fraction of sp³-hybridized carbons (Fsp3) is 0.400. The van der Waals surface area contributed by atoms with E-state index in [0.29, 0.717) is 38.1 Å². The predicted octanol–water partition coefficient (Wildman–Crippen LogP) is 4.07. The Morgan fingerprint density at radius 2 is 1.97 bits per heavy atom. The molecule has 13 heteroatoms. The number of methoxy groups -OCH3 is 1. The van der Waals surface area contributed by atoms with Crippen LogP contribution in [0.1, 0.15) is 17.4 Å². The Labute approximate surface area is 232 Å². The Morgan fingerprint density at radius 1 is 1.18 bits per heavy atom. The zero-order valence-corrected chi connectivity index (χ0v) is 24.2. The third-order valence-electron chi connectivity index (χ3n) is 6.35. The van der Waals surface area contributed by atoms with E-state index in [1.165, 1.54) is 25.4 Å². The van der Waals surface area contributed by atoms with Crippen molar-refractivity contribution in [1.82, 2.24) is 19.9 Å². The standard InChI is InChI=1S/C25H28ClFIN7O3/c1-16-14-38-11-10-34(16)25-31-19(17-4-6-18(27)7-5-17)12-21(32-25)35-9-8-33(15-28(35)2)23-22(26)30-20(13-29-23)24(36)37-3/h4-7,12-13,16H,8-11,14-15H2,1-3H3. The molecule has 0 amide bonds. The second kappa shape index (κ2) is 11.5. The van der Waals surface area contributed by atoms with E-state index in [1.54, 1.807) is 12.1 Å². The van der Waals surface area contributed by atoms with Crippen molar-refractivity contribution in [3.8, 4) is 11.3 Å². The van der Waals surface area contributed by atoms with Crippen molar-refractivity contribution in [2.45, 2.75) is 13.0 Å². The maximum atomic E-state index is 13.6. The number of benzene rings is 1. The van der Waals surface area contributed by atoms with Gasteiger partial charge in [0.2, 0.25) is 0 Å². The van der Waals surface area contributed by atoms with Crippen molar-refractivity contribution >= 4 is 55.2 Å². The second-order valence-corrected chi connectivity index (χ2v) is 14.3. The number of nitrogens with zero attached hydrogens (tertiary/aromatic N) is 7. The minimum atomic E-state index is -1.78. The van der Waals surface area contributed by atoms with Crippen molar-refractivity contribution in [1.29, 1.82) is 0 Å². The van der Waals surface area contributed by atoms with Crippen molar-refractivity contribution in [3.05, 3.63) is 53.2 Å². The number of aromatic nitrogens is 4. The van der Waals surface area contributed by atoms with E-state index in [9.17, 15) is 9.18 Å². The van der Waals surface area contributed by atoms with Crippen molar-refractivity contribution in [3.63, 3.8) is 0 Å². The predicted molar refractivity (Wildman–Crippen MR) is 153 cm³/mol. The Balaban J connectivity index is 1.43. The van der Waals surface area contributed by atoms with Crippen molar-refractivity contribution in [2.75, 3.05) is 62.4 Å². The van der Waals surface area contributed by atoms with Crippen molar-refractivity contribution in [2.24, 2.45) is 0 Å². The first-order valence-corrected chi connectivity index (χ1v) is 17.1. The van der Waals surface area contributed by atoms with Crippen LogP contribution < -0.4 is 12.9 Å². The third kappa shape index (κ3) is 5.61. The number of anilines is 3. The van der Waals surface area contributed by atoms with Crippen LogP contribution in [0.4, 0.5) is 22.0 Å². The van der Waals surface area contributed by atoms with Gasteiger partial charge in [-0.1, -0.05) is 0 Å². The van der Waals surface area contributed by atoms with Crippen LogP contribution in [-0.2, 0) is 9.47 Å². The van der Waals surface area contributed by atoms with Crippen molar-refractivity contribution < 1.29 is 18.7 Å². The SMILES string of the molecule is COC(=O)c1cnc(N2CCN(c3cc(-c4ccc(F)cc4)nc(N4CCOCC4C)n3)I(C)C2)c(Cl)n1. The van der Waals surface area contributed by atoms with Crippen LogP contribution in [-0.4, -0.2) is 81.4 Å². The Hall–Kier alpha value is -2.84. The molecule has 202 valence electrons. The minimum absolute atomic E-state index is 0.0749. The zero-order valence-electron chi connectivity index (χ0n) is 21.3. The molecule has 0 radical (unpaired) electrons. The summed E-state index contributed by atoms with van der Waals surface area (Å²) in [6, 6.07) is 8.51. The normalized spacial score (nSPS) is 19.0. The summed E-state index contributed by atoms with van der Waals surface area (Å²) in [6.45, 7) is 5.41. The van der Waals surface area contributed by atoms with E-state index < -0.39 is 26.1 Å². The Kier molecular flexibility index (Phi) is 8.09. The molecule has 2 aliphatic heterocycles. The molecular formula is C25H28ClFIN7O3. The number of carbonyl (C=O) groups is 1. The Morgan fingerprint density at radius 3 is 2.66 bits per heavy atom. The first-order valence-electron chi connectivity index (χ1n) is 12.0. The summed E-state index contributed by atoms with van der Waals surface area (Å²) in [4.78, 5) is 36.8. The Bertz CT molecular complexity index is 1320. The molecule has 10 nitrogen and oxygen atoms in total. The van der Waals surface area contributed by atoms with Gasteiger partial charge in [0.05, 0.1) is 0 Å². The van der Waals surface area contributed by atoms with Gasteiger partial charge in [0.15, 0.2) is 0 Å². The number of morpholine rings is 1. The molecule has 0 bridgehead atoms. The van der Waals surface area contributed by atoms with Gasteiger partial charge in [-0.15, -0.1) is 0 Å². The molecule has 2 saturated heterocycles. The van der Waals surface area contributed by atoms with E-state index in [0.717, 1.165) is 28.2 Å². The molecule has 4 heterocycles. The summed E-state index contributed by atoms with van der Waals surface area (Å²) in [7, 11) is 1.29. The van der Waals surface area contributed by atoms with Crippen LogP contribution >= 0.6 is 31.7 Å². The number of carbonyl (C=O) groups excluding carboxylic acids is 1. The summed E-state index contributed by atoms with van der Waals surface area (Å²) in [5.74, 6) is 1.20. The van der Waals surface area contributed by atoms with Crippen LogP contribution in [0.2, 0.25) is 5.15 Å². The van der Waals surface area contributed by atoms with Gasteiger partial charge in [-0.05, 0) is 0 Å². The van der Waals surface area contributed by atoms with Gasteiger partial charge in [0.1, 0.15) is 0 Å². The number of hydrogen-bond donors (Lipinski definition) is 0. The van der Waals surface area contributed by atoms with Gasteiger partial charge < -0.3 is 0 Å². The fourth-order valence-electron chi connectivity index (χ4n) is 4.35. The summed E-state index contributed by atoms with van der Waals surface area (Å²) in [5.41, 5.74) is 1.66. The van der Waals surface area contributed by atoms with Crippen LogP contribution in [0.15, 0.2) is 36.5 Å². The van der Waals surface area contributed by atoms with E-state index in [4.69, 9.17) is 31.0 Å². The first kappa shape index (κ1) is 26.8. The van der Waals surface area contributed by atoms with Gasteiger partial charge in [0, 0.05) is 0 Å². The van der Waals surface area contributed by atoms with Gasteiger partial charge in [-0.3, -0.25) is 0 Å². The molecule has 0 aliphatic carbocycles. The number of esters is 1. The molecule has 2 aromatic heterocycles. The zero-order chi connectivity index (χ0) is 26.8. The molecule has 3 aromatic rings. The number of hydrogen-bond acceptors (Lipinski definition) is 10. The molecule has 1 unspecified atom stereocenters. The number of rotatable bonds is 5. The number of alkyl halides is 2. The molecule has 5 rings (SSSR count).